The molecule has 0 saturated heterocycles. The second-order valence-electron chi connectivity index (χ2n) is 16.6. The maximum Gasteiger partial charge on any atom is 0.306 e. The van der Waals surface area contributed by atoms with Crippen LogP contribution < -0.4 is 0 Å². The molecule has 0 saturated carbocycles. The average Bonchev–Trinajstić information content (AvgIpc) is 3.11. The van der Waals surface area contributed by atoms with Gasteiger partial charge in [-0.15, -0.1) is 0 Å². The normalized spacial score (nSPS) is 12.1. The molecule has 0 spiro atoms. The van der Waals surface area contributed by atoms with Crippen molar-refractivity contribution in [3.05, 3.63) is 0 Å². The van der Waals surface area contributed by atoms with Crippen molar-refractivity contribution in [3.8, 4) is 0 Å². The van der Waals surface area contributed by atoms with Crippen molar-refractivity contribution >= 4 is 17.9 Å². The van der Waals surface area contributed by atoms with Gasteiger partial charge in [-0.25, -0.2) is 0 Å². The molecule has 0 bridgehead atoms. The molecule has 308 valence electrons. The van der Waals surface area contributed by atoms with E-state index in [-0.39, 0.29) is 31.1 Å². The van der Waals surface area contributed by atoms with E-state index in [0.29, 0.717) is 19.3 Å². The predicted octanol–water partition coefficient (Wildman–Crippen LogP) is 14.2. The molecule has 0 fully saturated rings. The van der Waals surface area contributed by atoms with Crippen molar-refractivity contribution in [2.45, 2.75) is 253 Å². The third-order valence-corrected chi connectivity index (χ3v) is 10.2. The Morgan fingerprint density at radius 2 is 0.635 bits per heavy atom. The monoisotopic (exact) mass is 737 g/mol. The molecule has 0 unspecified atom stereocenters. The van der Waals surface area contributed by atoms with E-state index >= 15 is 0 Å². The summed E-state index contributed by atoms with van der Waals surface area (Å²) in [7, 11) is 0. The van der Waals surface area contributed by atoms with Crippen molar-refractivity contribution in [2.75, 3.05) is 13.2 Å². The first kappa shape index (κ1) is 50.4. The zero-order chi connectivity index (χ0) is 38.3. The fourth-order valence-electron chi connectivity index (χ4n) is 6.75. The number of hydrogen-bond donors (Lipinski definition) is 0. The molecule has 0 aromatic carbocycles. The van der Waals surface area contributed by atoms with Crippen LogP contribution in [0.2, 0.25) is 0 Å². The van der Waals surface area contributed by atoms with Crippen LogP contribution in [0.5, 0.6) is 0 Å². The van der Waals surface area contributed by atoms with Crippen LogP contribution >= 0.6 is 0 Å². The fourth-order valence-corrected chi connectivity index (χ4v) is 6.75. The molecule has 6 heteroatoms. The molecule has 6 nitrogen and oxygen atoms in total. The molecule has 0 rings (SSSR count). The van der Waals surface area contributed by atoms with Crippen LogP contribution in [0.25, 0.3) is 0 Å². The third-order valence-electron chi connectivity index (χ3n) is 10.2. The summed E-state index contributed by atoms with van der Waals surface area (Å²) in [6, 6.07) is 0. The number of unbranched alkanes of at least 4 members (excludes halogenated alkanes) is 25. The maximum atomic E-state index is 12.7. The lowest BCUT2D eigenvalue weighted by molar-refractivity contribution is -0.167. The van der Waals surface area contributed by atoms with Crippen molar-refractivity contribution in [1.29, 1.82) is 0 Å². The molecule has 0 N–H and O–H groups in total. The first-order valence-corrected chi connectivity index (χ1v) is 22.7. The summed E-state index contributed by atoms with van der Waals surface area (Å²) in [5.41, 5.74) is 0. The number of carbonyl (C=O) groups excluding carboxylic acids is 3. The Kier molecular flexibility index (Phi) is 37.9. The second kappa shape index (κ2) is 39.1. The van der Waals surface area contributed by atoms with Crippen LogP contribution in [-0.4, -0.2) is 37.2 Å². The zero-order valence-corrected chi connectivity index (χ0v) is 35.4. The first-order chi connectivity index (χ1) is 25.2. The van der Waals surface area contributed by atoms with E-state index in [1.165, 1.54) is 135 Å². The summed E-state index contributed by atoms with van der Waals surface area (Å²) in [5, 5.41) is 0. The standard InChI is InChI=1S/C46H88O6/c1-6-7-8-9-19-26-31-36-44(47)50-39-43(52-46(49)38-33-28-23-18-14-13-16-21-25-30-35-42(4)5)40-51-45(48)37-32-27-22-17-12-10-11-15-20-24-29-34-41(2)3/h41-43H,6-40H2,1-5H3/t43-/m1/s1. The number of esters is 3. The van der Waals surface area contributed by atoms with E-state index in [1.807, 2.05) is 0 Å². The SMILES string of the molecule is CCCCCCCCCC(=O)OC[C@H](COC(=O)CCCCCCCCCCCCCC(C)C)OC(=O)CCCCCCCCCCCCC(C)C. The summed E-state index contributed by atoms with van der Waals surface area (Å²) in [6.07, 6.45) is 36.7. The Morgan fingerprint density at radius 1 is 0.365 bits per heavy atom. The summed E-state index contributed by atoms with van der Waals surface area (Å²) in [6.45, 7) is 11.3. The van der Waals surface area contributed by atoms with E-state index in [0.717, 1.165) is 69.6 Å². The van der Waals surface area contributed by atoms with Gasteiger partial charge >= 0.3 is 17.9 Å². The molecular formula is C46H88O6. The smallest absolute Gasteiger partial charge is 0.306 e. The minimum Gasteiger partial charge on any atom is -0.462 e. The summed E-state index contributed by atoms with van der Waals surface area (Å²) >= 11 is 0. The van der Waals surface area contributed by atoms with Gasteiger partial charge in [0.15, 0.2) is 6.10 Å². The van der Waals surface area contributed by atoms with E-state index in [9.17, 15) is 14.4 Å². The summed E-state index contributed by atoms with van der Waals surface area (Å²) in [4.78, 5) is 37.6. The lowest BCUT2D eigenvalue weighted by atomic mass is 10.0. The maximum absolute atomic E-state index is 12.7. The van der Waals surface area contributed by atoms with Gasteiger partial charge in [0.05, 0.1) is 0 Å². The second-order valence-corrected chi connectivity index (χ2v) is 16.6. The molecule has 0 amide bonds. The van der Waals surface area contributed by atoms with Gasteiger partial charge in [0.1, 0.15) is 13.2 Å². The Balaban J connectivity index is 4.27. The summed E-state index contributed by atoms with van der Waals surface area (Å²) < 4.78 is 16.7. The lowest BCUT2D eigenvalue weighted by Gasteiger charge is -2.18. The molecule has 0 aliphatic carbocycles. The molecule has 0 aliphatic heterocycles. The average molecular weight is 737 g/mol. The number of carbonyl (C=O) groups is 3. The Morgan fingerprint density at radius 3 is 0.942 bits per heavy atom. The Hall–Kier alpha value is -1.59. The molecule has 0 heterocycles. The van der Waals surface area contributed by atoms with Gasteiger partial charge in [-0.05, 0) is 31.1 Å². The van der Waals surface area contributed by atoms with Crippen LogP contribution in [0.3, 0.4) is 0 Å². The van der Waals surface area contributed by atoms with Gasteiger partial charge in [0.2, 0.25) is 0 Å². The zero-order valence-electron chi connectivity index (χ0n) is 35.4. The number of ether oxygens (including phenoxy) is 3. The largest absolute Gasteiger partial charge is 0.462 e. The van der Waals surface area contributed by atoms with Crippen LogP contribution in [0.1, 0.15) is 247 Å². The molecular weight excluding hydrogens is 649 g/mol. The van der Waals surface area contributed by atoms with Crippen LogP contribution in [0.15, 0.2) is 0 Å². The van der Waals surface area contributed by atoms with Crippen molar-refractivity contribution in [3.63, 3.8) is 0 Å². The van der Waals surface area contributed by atoms with Gasteiger partial charge in [-0.3, -0.25) is 14.4 Å². The van der Waals surface area contributed by atoms with Crippen LogP contribution in [0.4, 0.5) is 0 Å². The highest BCUT2D eigenvalue weighted by molar-refractivity contribution is 5.71. The van der Waals surface area contributed by atoms with Crippen LogP contribution in [-0.2, 0) is 28.6 Å². The van der Waals surface area contributed by atoms with Crippen LogP contribution in [0, 0.1) is 11.8 Å². The highest BCUT2D eigenvalue weighted by Crippen LogP contribution is 2.16. The Labute approximate surface area is 323 Å². The quantitative estimate of drug-likeness (QED) is 0.0354. The van der Waals surface area contributed by atoms with Crippen molar-refractivity contribution in [1.82, 2.24) is 0 Å². The van der Waals surface area contributed by atoms with E-state index in [4.69, 9.17) is 14.2 Å². The summed E-state index contributed by atoms with van der Waals surface area (Å²) in [5.74, 6) is 0.779. The lowest BCUT2D eigenvalue weighted by Crippen LogP contribution is -2.30. The van der Waals surface area contributed by atoms with Gasteiger partial charge < -0.3 is 14.2 Å². The molecule has 0 aromatic heterocycles. The minimum atomic E-state index is -0.759. The minimum absolute atomic E-state index is 0.0653. The molecule has 0 aliphatic rings. The van der Waals surface area contributed by atoms with Gasteiger partial charge in [-0.1, -0.05) is 208 Å². The van der Waals surface area contributed by atoms with Gasteiger partial charge in [-0.2, -0.15) is 0 Å². The third kappa shape index (κ3) is 39.6. The van der Waals surface area contributed by atoms with Crippen molar-refractivity contribution < 1.29 is 28.6 Å². The highest BCUT2D eigenvalue weighted by Gasteiger charge is 2.19. The molecule has 52 heavy (non-hydrogen) atoms. The van der Waals surface area contributed by atoms with E-state index in [2.05, 4.69) is 34.6 Å². The Bertz CT molecular complexity index is 794. The fraction of sp³-hybridized carbons (Fsp3) is 0.935. The highest BCUT2D eigenvalue weighted by atomic mass is 16.6. The van der Waals surface area contributed by atoms with Gasteiger partial charge in [0, 0.05) is 19.3 Å². The molecule has 0 aromatic rings. The molecule has 1 atom stereocenters. The first-order valence-electron chi connectivity index (χ1n) is 22.7. The van der Waals surface area contributed by atoms with E-state index < -0.39 is 6.10 Å². The number of hydrogen-bond acceptors (Lipinski definition) is 6. The van der Waals surface area contributed by atoms with Gasteiger partial charge in [0.25, 0.3) is 0 Å². The number of rotatable bonds is 40. The van der Waals surface area contributed by atoms with Crippen molar-refractivity contribution in [2.24, 2.45) is 11.8 Å². The molecule has 0 radical (unpaired) electrons. The topological polar surface area (TPSA) is 78.9 Å². The predicted molar refractivity (Wildman–Crippen MR) is 220 cm³/mol. The van der Waals surface area contributed by atoms with E-state index in [1.54, 1.807) is 0 Å².